The fraction of sp³-hybridized carbons (Fsp3) is 0.538. The van der Waals surface area contributed by atoms with Crippen LogP contribution in [0.5, 0.6) is 11.5 Å². The van der Waals surface area contributed by atoms with Crippen molar-refractivity contribution in [3.05, 3.63) is 23.8 Å². The number of benzene rings is 1. The molecule has 0 amide bonds. The molecule has 0 aliphatic heterocycles. The van der Waals surface area contributed by atoms with Gasteiger partial charge in [0.1, 0.15) is 0 Å². The molecule has 0 aromatic heterocycles. The van der Waals surface area contributed by atoms with Gasteiger partial charge in [-0.2, -0.15) is 0 Å². The molecule has 1 aromatic rings. The van der Waals surface area contributed by atoms with Crippen molar-refractivity contribution >= 4 is 0 Å². The maximum atomic E-state index is 5.53. The molecule has 0 radical (unpaired) electrons. The molecule has 16 heavy (non-hydrogen) atoms. The van der Waals surface area contributed by atoms with Gasteiger partial charge >= 0.3 is 0 Å². The van der Waals surface area contributed by atoms with E-state index in [0.717, 1.165) is 31.0 Å². The van der Waals surface area contributed by atoms with Gasteiger partial charge in [-0.15, -0.1) is 0 Å². The average molecular weight is 223 g/mol. The second-order valence-corrected chi connectivity index (χ2v) is 3.52. The first-order valence-electron chi connectivity index (χ1n) is 5.82. The summed E-state index contributed by atoms with van der Waals surface area (Å²) in [6.07, 6.45) is 1.01. The minimum absolute atomic E-state index is 0.660. The van der Waals surface area contributed by atoms with Crippen LogP contribution in [0, 0.1) is 0 Å². The van der Waals surface area contributed by atoms with Crippen molar-refractivity contribution < 1.29 is 9.47 Å². The molecule has 1 N–H and O–H groups in total. The smallest absolute Gasteiger partial charge is 0.161 e. The van der Waals surface area contributed by atoms with Crippen molar-refractivity contribution in [3.63, 3.8) is 0 Å². The summed E-state index contributed by atoms with van der Waals surface area (Å²) < 4.78 is 10.8. The molecule has 0 atom stereocenters. The lowest BCUT2D eigenvalue weighted by atomic mass is 10.1. The molecule has 0 bridgehead atoms. The third kappa shape index (κ3) is 3.74. The monoisotopic (exact) mass is 223 g/mol. The Bertz CT molecular complexity index is 313. The first-order chi connectivity index (χ1) is 7.81. The van der Waals surface area contributed by atoms with Crippen molar-refractivity contribution in [2.45, 2.75) is 20.3 Å². The molecule has 1 aromatic carbocycles. The molecule has 0 unspecified atom stereocenters. The minimum atomic E-state index is 0.660. The van der Waals surface area contributed by atoms with Crippen LogP contribution < -0.4 is 14.8 Å². The number of ether oxygens (including phenoxy) is 2. The summed E-state index contributed by atoms with van der Waals surface area (Å²) in [5, 5.41) is 3.30. The highest BCUT2D eigenvalue weighted by molar-refractivity contribution is 5.43. The van der Waals surface area contributed by atoms with E-state index in [4.69, 9.17) is 9.47 Å². The van der Waals surface area contributed by atoms with Gasteiger partial charge in [-0.05, 0) is 44.1 Å². The Kier molecular flexibility index (Phi) is 5.72. The summed E-state index contributed by atoms with van der Waals surface area (Å²) in [5.41, 5.74) is 1.27. The lowest BCUT2D eigenvalue weighted by Crippen LogP contribution is -2.16. The van der Waals surface area contributed by atoms with Gasteiger partial charge in [-0.25, -0.2) is 0 Å². The Morgan fingerprint density at radius 3 is 2.62 bits per heavy atom. The van der Waals surface area contributed by atoms with Crippen LogP contribution in [0.2, 0.25) is 0 Å². The number of hydrogen-bond donors (Lipinski definition) is 1. The standard InChI is InChI=1S/C13H21NO2/c1-4-14-9-8-11-6-7-12(15-3)13(10-11)16-5-2/h6-7,10,14H,4-5,8-9H2,1-3H3. The Morgan fingerprint density at radius 1 is 1.19 bits per heavy atom. The fourth-order valence-electron chi connectivity index (χ4n) is 1.55. The Hall–Kier alpha value is -1.22. The molecule has 0 spiro atoms. The van der Waals surface area contributed by atoms with E-state index in [1.807, 2.05) is 13.0 Å². The van der Waals surface area contributed by atoms with Gasteiger partial charge < -0.3 is 14.8 Å². The number of likely N-dealkylation sites (N-methyl/N-ethyl adjacent to an activating group) is 1. The van der Waals surface area contributed by atoms with Gasteiger partial charge in [-0.1, -0.05) is 13.0 Å². The SMILES string of the molecule is CCNCCc1ccc(OC)c(OCC)c1. The number of hydrogen-bond acceptors (Lipinski definition) is 3. The van der Waals surface area contributed by atoms with E-state index >= 15 is 0 Å². The van der Waals surface area contributed by atoms with E-state index in [1.54, 1.807) is 7.11 Å². The minimum Gasteiger partial charge on any atom is -0.493 e. The highest BCUT2D eigenvalue weighted by Crippen LogP contribution is 2.28. The van der Waals surface area contributed by atoms with E-state index in [1.165, 1.54) is 5.56 Å². The van der Waals surface area contributed by atoms with E-state index in [0.29, 0.717) is 6.61 Å². The van der Waals surface area contributed by atoms with Crippen LogP contribution in [0.3, 0.4) is 0 Å². The molecule has 1 rings (SSSR count). The largest absolute Gasteiger partial charge is 0.493 e. The zero-order valence-corrected chi connectivity index (χ0v) is 10.4. The predicted octanol–water partition coefficient (Wildman–Crippen LogP) is 2.25. The van der Waals surface area contributed by atoms with Gasteiger partial charge in [0, 0.05) is 0 Å². The Morgan fingerprint density at radius 2 is 2.00 bits per heavy atom. The molecular weight excluding hydrogens is 202 g/mol. The van der Waals surface area contributed by atoms with Crippen LogP contribution in [0.1, 0.15) is 19.4 Å². The van der Waals surface area contributed by atoms with Crippen molar-refractivity contribution in [1.82, 2.24) is 5.32 Å². The lowest BCUT2D eigenvalue weighted by Gasteiger charge is -2.11. The molecule has 0 heterocycles. The number of nitrogens with one attached hydrogen (secondary N) is 1. The third-order valence-corrected chi connectivity index (χ3v) is 2.37. The van der Waals surface area contributed by atoms with Crippen LogP contribution in [-0.2, 0) is 6.42 Å². The molecule has 0 aliphatic rings. The first-order valence-corrected chi connectivity index (χ1v) is 5.82. The van der Waals surface area contributed by atoms with Gasteiger partial charge in [-0.3, -0.25) is 0 Å². The highest BCUT2D eigenvalue weighted by Gasteiger charge is 2.04. The fourth-order valence-corrected chi connectivity index (χ4v) is 1.55. The molecule has 0 saturated carbocycles. The number of methoxy groups -OCH3 is 1. The van der Waals surface area contributed by atoms with Gasteiger partial charge in [0.05, 0.1) is 13.7 Å². The second kappa shape index (κ2) is 7.12. The van der Waals surface area contributed by atoms with Gasteiger partial charge in [0.15, 0.2) is 11.5 Å². The molecule has 3 heteroatoms. The molecule has 0 saturated heterocycles. The van der Waals surface area contributed by atoms with E-state index in [2.05, 4.69) is 24.4 Å². The van der Waals surface area contributed by atoms with Crippen molar-refractivity contribution in [2.24, 2.45) is 0 Å². The Labute approximate surface area is 97.8 Å². The van der Waals surface area contributed by atoms with Crippen molar-refractivity contribution in [3.8, 4) is 11.5 Å². The Balaban J connectivity index is 2.68. The molecule has 0 aliphatic carbocycles. The third-order valence-electron chi connectivity index (χ3n) is 2.37. The topological polar surface area (TPSA) is 30.5 Å². The van der Waals surface area contributed by atoms with E-state index in [-0.39, 0.29) is 0 Å². The highest BCUT2D eigenvalue weighted by atomic mass is 16.5. The number of rotatable bonds is 7. The molecule has 0 fully saturated rings. The zero-order chi connectivity index (χ0) is 11.8. The molecular formula is C13H21NO2. The first kappa shape index (κ1) is 12.8. The van der Waals surface area contributed by atoms with Crippen LogP contribution in [0.25, 0.3) is 0 Å². The lowest BCUT2D eigenvalue weighted by molar-refractivity contribution is 0.310. The average Bonchev–Trinajstić information content (AvgIpc) is 2.30. The van der Waals surface area contributed by atoms with Crippen LogP contribution in [0.15, 0.2) is 18.2 Å². The second-order valence-electron chi connectivity index (χ2n) is 3.52. The van der Waals surface area contributed by atoms with Crippen LogP contribution >= 0.6 is 0 Å². The van der Waals surface area contributed by atoms with Crippen LogP contribution in [-0.4, -0.2) is 26.8 Å². The molecule has 90 valence electrons. The van der Waals surface area contributed by atoms with Crippen LogP contribution in [0.4, 0.5) is 0 Å². The maximum absolute atomic E-state index is 5.53. The van der Waals surface area contributed by atoms with E-state index < -0.39 is 0 Å². The summed E-state index contributed by atoms with van der Waals surface area (Å²) >= 11 is 0. The maximum Gasteiger partial charge on any atom is 0.161 e. The summed E-state index contributed by atoms with van der Waals surface area (Å²) in [4.78, 5) is 0. The summed E-state index contributed by atoms with van der Waals surface area (Å²) in [6, 6.07) is 6.10. The quantitative estimate of drug-likeness (QED) is 0.719. The van der Waals surface area contributed by atoms with Crippen molar-refractivity contribution in [1.29, 1.82) is 0 Å². The normalized spacial score (nSPS) is 10.2. The van der Waals surface area contributed by atoms with Crippen molar-refractivity contribution in [2.75, 3.05) is 26.8 Å². The zero-order valence-electron chi connectivity index (χ0n) is 10.4. The van der Waals surface area contributed by atoms with Gasteiger partial charge in [0.2, 0.25) is 0 Å². The summed E-state index contributed by atoms with van der Waals surface area (Å²) in [6.45, 7) is 6.75. The molecule has 3 nitrogen and oxygen atoms in total. The van der Waals surface area contributed by atoms with E-state index in [9.17, 15) is 0 Å². The predicted molar refractivity (Wildman–Crippen MR) is 66.4 cm³/mol. The summed E-state index contributed by atoms with van der Waals surface area (Å²) in [5.74, 6) is 1.63. The van der Waals surface area contributed by atoms with Gasteiger partial charge in [0.25, 0.3) is 0 Å². The summed E-state index contributed by atoms with van der Waals surface area (Å²) in [7, 11) is 1.66.